The van der Waals surface area contributed by atoms with Gasteiger partial charge >= 0.3 is 11.7 Å². The van der Waals surface area contributed by atoms with Gasteiger partial charge in [-0.1, -0.05) is 6.92 Å². The van der Waals surface area contributed by atoms with Gasteiger partial charge in [0.25, 0.3) is 0 Å². The molecule has 1 saturated heterocycles. The number of ether oxygens (including phenoxy) is 3. The maximum atomic E-state index is 14.0. The lowest BCUT2D eigenvalue weighted by Crippen LogP contribution is -2.30. The molecule has 1 aliphatic rings. The van der Waals surface area contributed by atoms with E-state index in [0.29, 0.717) is 18.6 Å². The van der Waals surface area contributed by atoms with Crippen molar-refractivity contribution in [1.82, 2.24) is 9.55 Å². The molecule has 9 nitrogen and oxygen atoms in total. The summed E-state index contributed by atoms with van der Waals surface area (Å²) in [6, 6.07) is 0. The zero-order valence-electron chi connectivity index (χ0n) is 14.4. The van der Waals surface area contributed by atoms with E-state index in [0.717, 1.165) is 10.8 Å². The first kappa shape index (κ1) is 20.3. The Bertz CT molecular complexity index is 713. The number of halogens is 1. The maximum Gasteiger partial charge on any atom is 0.351 e. The monoisotopic (exact) mass is 389 g/mol. The van der Waals surface area contributed by atoms with E-state index in [1.165, 1.54) is 18.7 Å². The number of amides is 1. The highest BCUT2D eigenvalue weighted by Crippen LogP contribution is 2.31. The summed E-state index contributed by atoms with van der Waals surface area (Å²) in [5.41, 5.74) is -1.13. The summed E-state index contributed by atoms with van der Waals surface area (Å²) < 4.78 is 30.7. The van der Waals surface area contributed by atoms with Crippen molar-refractivity contribution in [3.63, 3.8) is 0 Å². The van der Waals surface area contributed by atoms with Crippen LogP contribution in [0.3, 0.4) is 0 Å². The van der Waals surface area contributed by atoms with Gasteiger partial charge < -0.3 is 19.5 Å². The number of rotatable bonds is 8. The minimum Gasteiger partial charge on any atom is -0.438 e. The Hall–Kier alpha value is -1.98. The largest absolute Gasteiger partial charge is 0.438 e. The first-order valence-corrected chi connectivity index (χ1v) is 9.02. The number of thioether (sulfide) groups is 1. The lowest BCUT2D eigenvalue weighted by molar-refractivity contribution is -0.158. The van der Waals surface area contributed by atoms with Crippen molar-refractivity contribution < 1.29 is 28.2 Å². The van der Waals surface area contributed by atoms with Crippen LogP contribution in [0.2, 0.25) is 0 Å². The summed E-state index contributed by atoms with van der Waals surface area (Å²) >= 11 is 1.38. The molecule has 0 aromatic carbocycles. The van der Waals surface area contributed by atoms with Gasteiger partial charge in [-0.2, -0.15) is 4.98 Å². The summed E-state index contributed by atoms with van der Waals surface area (Å²) in [5.74, 6) is -1.73. The Balaban J connectivity index is 1.86. The molecule has 2 rings (SSSR count). The van der Waals surface area contributed by atoms with E-state index in [4.69, 9.17) is 14.2 Å². The molecule has 2 atom stereocenters. The van der Waals surface area contributed by atoms with E-state index < -0.39 is 34.9 Å². The van der Waals surface area contributed by atoms with Gasteiger partial charge in [-0.25, -0.2) is 9.18 Å². The lowest BCUT2D eigenvalue weighted by Gasteiger charge is -2.15. The molecule has 2 unspecified atom stereocenters. The third-order valence-electron chi connectivity index (χ3n) is 3.26. The van der Waals surface area contributed by atoms with Crippen molar-refractivity contribution in [2.24, 2.45) is 0 Å². The second kappa shape index (κ2) is 9.64. The normalized spacial score (nSPS) is 19.3. The van der Waals surface area contributed by atoms with Crippen molar-refractivity contribution in [2.45, 2.75) is 38.4 Å². The third-order valence-corrected chi connectivity index (χ3v) is 4.35. The van der Waals surface area contributed by atoms with Crippen LogP contribution in [-0.4, -0.2) is 46.0 Å². The summed E-state index contributed by atoms with van der Waals surface area (Å²) in [7, 11) is 0. The fraction of sp³-hybridized carbons (Fsp3) is 0.600. The minimum absolute atomic E-state index is 0.148. The van der Waals surface area contributed by atoms with Gasteiger partial charge in [0, 0.05) is 19.1 Å². The molecule has 1 aromatic rings. The SMILES string of the molecule is CCCC(=O)OCOCC1OC(n2cc(F)c(NC(C)=O)nc2=O)CS1. The summed E-state index contributed by atoms with van der Waals surface area (Å²) in [6.45, 7) is 3.03. The Morgan fingerprint density at radius 2 is 2.31 bits per heavy atom. The van der Waals surface area contributed by atoms with E-state index in [-0.39, 0.29) is 19.4 Å². The predicted octanol–water partition coefficient (Wildman–Crippen LogP) is 1.25. The number of hydrogen-bond donors (Lipinski definition) is 1. The van der Waals surface area contributed by atoms with Gasteiger partial charge in [0.1, 0.15) is 11.7 Å². The molecule has 1 amide bonds. The van der Waals surface area contributed by atoms with E-state index in [1.54, 1.807) is 0 Å². The van der Waals surface area contributed by atoms with Crippen LogP contribution in [0.15, 0.2) is 11.0 Å². The first-order valence-electron chi connectivity index (χ1n) is 7.97. The first-order chi connectivity index (χ1) is 12.4. The van der Waals surface area contributed by atoms with Crippen molar-refractivity contribution in [2.75, 3.05) is 24.5 Å². The molecule has 0 saturated carbocycles. The molecule has 26 heavy (non-hydrogen) atoms. The Morgan fingerprint density at radius 3 is 3.00 bits per heavy atom. The minimum atomic E-state index is -0.837. The van der Waals surface area contributed by atoms with Crippen molar-refractivity contribution in [1.29, 1.82) is 0 Å². The van der Waals surface area contributed by atoms with E-state index in [9.17, 15) is 18.8 Å². The smallest absolute Gasteiger partial charge is 0.351 e. The summed E-state index contributed by atoms with van der Waals surface area (Å²) in [6.07, 6.45) is 1.26. The van der Waals surface area contributed by atoms with Gasteiger partial charge in [0.15, 0.2) is 18.4 Å². The highest BCUT2D eigenvalue weighted by atomic mass is 32.2. The topological polar surface area (TPSA) is 109 Å². The number of anilines is 1. The molecule has 0 bridgehead atoms. The molecule has 144 valence electrons. The molecule has 11 heteroatoms. The molecule has 1 aliphatic heterocycles. The second-order valence-corrected chi connectivity index (χ2v) is 6.61. The van der Waals surface area contributed by atoms with E-state index in [2.05, 4.69) is 10.3 Å². The van der Waals surface area contributed by atoms with Crippen molar-refractivity contribution in [3.8, 4) is 0 Å². The van der Waals surface area contributed by atoms with E-state index >= 15 is 0 Å². The third kappa shape index (κ3) is 5.78. The summed E-state index contributed by atoms with van der Waals surface area (Å²) in [4.78, 5) is 37.7. The van der Waals surface area contributed by atoms with Crippen LogP contribution in [0.5, 0.6) is 0 Å². The molecule has 0 radical (unpaired) electrons. The van der Waals surface area contributed by atoms with Crippen LogP contribution in [0.25, 0.3) is 0 Å². The quantitative estimate of drug-likeness (QED) is 0.402. The van der Waals surface area contributed by atoms with Crippen molar-refractivity contribution >= 4 is 29.5 Å². The summed E-state index contributed by atoms with van der Waals surface area (Å²) in [5, 5.41) is 2.15. The molecular weight excluding hydrogens is 369 g/mol. The fourth-order valence-electron chi connectivity index (χ4n) is 2.11. The van der Waals surface area contributed by atoms with Gasteiger partial charge in [-0.05, 0) is 6.42 Å². The number of hydrogen-bond acceptors (Lipinski definition) is 8. The standard InChI is InChI=1S/C15H20FN3O6S/c1-3-4-12(21)24-8-23-6-13-25-11(7-26-13)19-5-10(16)14(17-9(2)20)18-15(19)22/h5,11,13H,3-4,6-8H2,1-2H3,(H,17,18,20,22). The van der Waals surface area contributed by atoms with Gasteiger partial charge in [-0.15, -0.1) is 11.8 Å². The van der Waals surface area contributed by atoms with Crippen LogP contribution in [0, 0.1) is 5.82 Å². The number of esters is 1. The van der Waals surface area contributed by atoms with E-state index in [1.807, 2.05) is 6.92 Å². The van der Waals surface area contributed by atoms with Gasteiger partial charge in [0.2, 0.25) is 5.91 Å². The number of nitrogens with zero attached hydrogens (tertiary/aromatic N) is 2. The van der Waals surface area contributed by atoms with Crippen molar-refractivity contribution in [3.05, 3.63) is 22.5 Å². The molecule has 0 aliphatic carbocycles. The zero-order chi connectivity index (χ0) is 19.1. The molecule has 1 fully saturated rings. The number of carbonyl (C=O) groups excluding carboxylic acids is 2. The van der Waals surface area contributed by atoms with Crippen LogP contribution in [-0.2, 0) is 23.8 Å². The zero-order valence-corrected chi connectivity index (χ0v) is 15.2. The maximum absolute atomic E-state index is 14.0. The number of nitrogens with one attached hydrogen (secondary N) is 1. The molecule has 2 heterocycles. The van der Waals surface area contributed by atoms with Gasteiger partial charge in [0.05, 0.1) is 12.8 Å². The highest BCUT2D eigenvalue weighted by molar-refractivity contribution is 8.00. The highest BCUT2D eigenvalue weighted by Gasteiger charge is 2.29. The average molecular weight is 389 g/mol. The van der Waals surface area contributed by atoms with Gasteiger partial charge in [-0.3, -0.25) is 14.2 Å². The molecule has 1 aromatic heterocycles. The predicted molar refractivity (Wildman–Crippen MR) is 90.9 cm³/mol. The van der Waals surface area contributed by atoms with Crippen LogP contribution >= 0.6 is 11.8 Å². The van der Waals surface area contributed by atoms with Crippen LogP contribution in [0.1, 0.15) is 32.9 Å². The molecule has 0 spiro atoms. The number of aromatic nitrogens is 2. The Morgan fingerprint density at radius 1 is 1.54 bits per heavy atom. The fourth-order valence-corrected chi connectivity index (χ4v) is 3.13. The van der Waals surface area contributed by atoms with Crippen LogP contribution in [0.4, 0.5) is 10.2 Å². The molecular formula is C15H20FN3O6S. The number of carbonyl (C=O) groups is 2. The Kier molecular flexibility index (Phi) is 7.54. The molecule has 1 N–H and O–H groups in total. The second-order valence-electron chi connectivity index (χ2n) is 5.42. The lowest BCUT2D eigenvalue weighted by atomic mass is 10.3. The Labute approximate surface area is 153 Å². The van der Waals surface area contributed by atoms with Crippen LogP contribution < -0.4 is 11.0 Å². The average Bonchev–Trinajstić information content (AvgIpc) is 3.03.